The van der Waals surface area contributed by atoms with E-state index < -0.39 is 12.1 Å². The largest absolute Gasteiger partial charge is 0.462 e. The lowest BCUT2D eigenvalue weighted by molar-refractivity contribution is 0.0532. The Morgan fingerprint density at radius 2 is 2.12 bits per heavy atom. The average Bonchev–Trinajstić information content (AvgIpc) is 3.24. The normalized spacial score (nSPS) is 19.1. The van der Waals surface area contributed by atoms with Gasteiger partial charge in [0.25, 0.3) is 5.91 Å². The van der Waals surface area contributed by atoms with E-state index in [9.17, 15) is 14.4 Å². The SMILES string of the molecule is C=CCOC(=O)N1C[C@@H](S)C[C@H]1CNC(=O)c1ccc(C(=O)OCC)s1. The van der Waals surface area contributed by atoms with Crippen LogP contribution in [0.3, 0.4) is 0 Å². The molecule has 2 atom stereocenters. The average molecular weight is 399 g/mol. The molecular formula is C17H22N2O5S2. The van der Waals surface area contributed by atoms with E-state index >= 15 is 0 Å². The van der Waals surface area contributed by atoms with Crippen molar-refractivity contribution in [3.05, 3.63) is 34.5 Å². The van der Waals surface area contributed by atoms with Gasteiger partial charge in [0.1, 0.15) is 11.5 Å². The molecule has 0 aliphatic carbocycles. The molecule has 1 N–H and O–H groups in total. The van der Waals surface area contributed by atoms with Crippen molar-refractivity contribution in [1.82, 2.24) is 10.2 Å². The number of nitrogens with zero attached hydrogens (tertiary/aromatic N) is 1. The third-order valence-electron chi connectivity index (χ3n) is 3.76. The van der Waals surface area contributed by atoms with Crippen molar-refractivity contribution in [2.24, 2.45) is 0 Å². The molecule has 2 heterocycles. The van der Waals surface area contributed by atoms with Gasteiger partial charge in [0, 0.05) is 18.3 Å². The van der Waals surface area contributed by atoms with E-state index in [1.807, 2.05) is 0 Å². The number of thiol groups is 1. The maximum atomic E-state index is 12.3. The Bertz CT molecular complexity index is 676. The number of hydrogen-bond acceptors (Lipinski definition) is 7. The number of carbonyl (C=O) groups excluding carboxylic acids is 3. The molecule has 2 amide bonds. The first kappa shape index (κ1) is 20.3. The van der Waals surface area contributed by atoms with Gasteiger partial charge in [-0.2, -0.15) is 12.6 Å². The van der Waals surface area contributed by atoms with E-state index in [0.717, 1.165) is 11.3 Å². The Morgan fingerprint density at radius 3 is 2.81 bits per heavy atom. The van der Waals surface area contributed by atoms with Crippen LogP contribution in [0.1, 0.15) is 32.7 Å². The summed E-state index contributed by atoms with van der Waals surface area (Å²) in [4.78, 5) is 38.4. The Morgan fingerprint density at radius 1 is 1.38 bits per heavy atom. The zero-order chi connectivity index (χ0) is 19.1. The second-order valence-electron chi connectivity index (χ2n) is 5.66. The van der Waals surface area contributed by atoms with Gasteiger partial charge in [0.05, 0.1) is 17.5 Å². The molecule has 0 radical (unpaired) electrons. The first-order valence-electron chi connectivity index (χ1n) is 8.23. The summed E-state index contributed by atoms with van der Waals surface area (Å²) in [6.07, 6.45) is 1.72. The van der Waals surface area contributed by atoms with E-state index in [1.54, 1.807) is 24.0 Å². The molecule has 26 heavy (non-hydrogen) atoms. The molecule has 2 rings (SSSR count). The number of esters is 1. The highest BCUT2D eigenvalue weighted by Gasteiger charge is 2.34. The standard InChI is InChI=1S/C17H22N2O5S2/c1-3-7-24-17(22)19-10-12(25)8-11(19)9-18-15(20)13-5-6-14(26-13)16(21)23-4-2/h3,5-6,11-12,25H,1,4,7-10H2,2H3,(H,18,20)/t11-,12-/m0/s1. The van der Waals surface area contributed by atoms with Crippen molar-refractivity contribution in [3.8, 4) is 0 Å². The van der Waals surface area contributed by atoms with Gasteiger partial charge in [-0.3, -0.25) is 4.79 Å². The fourth-order valence-corrected chi connectivity index (χ4v) is 3.83. The molecule has 0 spiro atoms. The lowest BCUT2D eigenvalue weighted by Gasteiger charge is -2.23. The quantitative estimate of drug-likeness (QED) is 0.418. The third kappa shape index (κ3) is 5.25. The third-order valence-corrected chi connectivity index (χ3v) is 5.19. The van der Waals surface area contributed by atoms with Crippen LogP contribution >= 0.6 is 24.0 Å². The van der Waals surface area contributed by atoms with Crippen LogP contribution in [0.5, 0.6) is 0 Å². The van der Waals surface area contributed by atoms with Gasteiger partial charge in [-0.15, -0.1) is 11.3 Å². The van der Waals surface area contributed by atoms with E-state index in [1.165, 1.54) is 6.08 Å². The minimum atomic E-state index is -0.443. The predicted octanol–water partition coefficient (Wildman–Crippen LogP) is 2.35. The van der Waals surface area contributed by atoms with Crippen molar-refractivity contribution in [2.75, 3.05) is 26.3 Å². The number of nitrogens with one attached hydrogen (secondary N) is 1. The summed E-state index contributed by atoms with van der Waals surface area (Å²) >= 11 is 5.50. The van der Waals surface area contributed by atoms with Gasteiger partial charge in [0.2, 0.25) is 0 Å². The summed E-state index contributed by atoms with van der Waals surface area (Å²) in [6, 6.07) is 2.96. The van der Waals surface area contributed by atoms with Crippen LogP contribution in [0.25, 0.3) is 0 Å². The number of amides is 2. The molecule has 1 aliphatic rings. The van der Waals surface area contributed by atoms with Crippen molar-refractivity contribution >= 4 is 41.9 Å². The van der Waals surface area contributed by atoms with Gasteiger partial charge in [-0.25, -0.2) is 9.59 Å². The van der Waals surface area contributed by atoms with E-state index in [0.29, 0.717) is 22.7 Å². The summed E-state index contributed by atoms with van der Waals surface area (Å²) in [7, 11) is 0. The van der Waals surface area contributed by atoms with Gasteiger partial charge in [-0.05, 0) is 25.5 Å². The van der Waals surface area contributed by atoms with Crippen LogP contribution in [0.4, 0.5) is 4.79 Å². The highest BCUT2D eigenvalue weighted by atomic mass is 32.1. The van der Waals surface area contributed by atoms with Crippen molar-refractivity contribution in [3.63, 3.8) is 0 Å². The molecular weight excluding hydrogens is 376 g/mol. The molecule has 142 valence electrons. The number of thiophene rings is 1. The molecule has 9 heteroatoms. The van der Waals surface area contributed by atoms with E-state index in [2.05, 4.69) is 24.5 Å². The minimum absolute atomic E-state index is 0.0327. The molecule has 1 aromatic rings. The van der Waals surface area contributed by atoms with Crippen LogP contribution < -0.4 is 5.32 Å². The predicted molar refractivity (Wildman–Crippen MR) is 102 cm³/mol. The molecule has 0 saturated carbocycles. The van der Waals surface area contributed by atoms with Crippen LogP contribution in [-0.2, 0) is 9.47 Å². The Kier molecular flexibility index (Phi) is 7.52. The highest BCUT2D eigenvalue weighted by Crippen LogP contribution is 2.23. The van der Waals surface area contributed by atoms with Gasteiger partial charge >= 0.3 is 12.1 Å². The molecule has 7 nitrogen and oxygen atoms in total. The Labute approximate surface area is 161 Å². The fourth-order valence-electron chi connectivity index (χ4n) is 2.59. The van der Waals surface area contributed by atoms with Gasteiger partial charge in [0.15, 0.2) is 0 Å². The second kappa shape index (κ2) is 9.63. The number of carbonyl (C=O) groups is 3. The van der Waals surface area contributed by atoms with Crippen LogP contribution in [-0.4, -0.2) is 60.5 Å². The monoisotopic (exact) mass is 398 g/mol. The molecule has 0 unspecified atom stereocenters. The Balaban J connectivity index is 1.92. The number of hydrogen-bond donors (Lipinski definition) is 2. The molecule has 0 bridgehead atoms. The zero-order valence-electron chi connectivity index (χ0n) is 14.5. The van der Waals surface area contributed by atoms with Crippen molar-refractivity contribution < 1.29 is 23.9 Å². The van der Waals surface area contributed by atoms with Gasteiger partial charge in [-0.1, -0.05) is 12.7 Å². The maximum Gasteiger partial charge on any atom is 0.410 e. The Hall–Kier alpha value is -2.00. The topological polar surface area (TPSA) is 84.9 Å². The first-order chi connectivity index (χ1) is 12.5. The van der Waals surface area contributed by atoms with Crippen molar-refractivity contribution in [2.45, 2.75) is 24.6 Å². The molecule has 1 fully saturated rings. The summed E-state index contributed by atoms with van der Waals surface area (Å²) in [6.45, 7) is 6.40. The lowest BCUT2D eigenvalue weighted by Crippen LogP contribution is -2.43. The van der Waals surface area contributed by atoms with Crippen LogP contribution in [0.2, 0.25) is 0 Å². The smallest absolute Gasteiger partial charge is 0.410 e. The van der Waals surface area contributed by atoms with Crippen LogP contribution in [0, 0.1) is 0 Å². The number of rotatable bonds is 7. The number of likely N-dealkylation sites (tertiary alicyclic amines) is 1. The summed E-state index contributed by atoms with van der Waals surface area (Å²) in [5.74, 6) is -0.742. The fraction of sp³-hybridized carbons (Fsp3) is 0.471. The highest BCUT2D eigenvalue weighted by molar-refractivity contribution is 7.81. The van der Waals surface area contributed by atoms with E-state index in [-0.39, 0.29) is 37.0 Å². The molecule has 1 saturated heterocycles. The van der Waals surface area contributed by atoms with Crippen LogP contribution in [0.15, 0.2) is 24.8 Å². The molecule has 1 aromatic heterocycles. The van der Waals surface area contributed by atoms with E-state index in [4.69, 9.17) is 9.47 Å². The van der Waals surface area contributed by atoms with Crippen molar-refractivity contribution in [1.29, 1.82) is 0 Å². The summed E-state index contributed by atoms with van der Waals surface area (Å²) < 4.78 is 9.98. The summed E-state index contributed by atoms with van der Waals surface area (Å²) in [5.41, 5.74) is 0. The summed E-state index contributed by atoms with van der Waals surface area (Å²) in [5, 5.41) is 2.84. The first-order valence-corrected chi connectivity index (χ1v) is 9.57. The number of ether oxygens (including phenoxy) is 2. The lowest BCUT2D eigenvalue weighted by atomic mass is 10.2. The zero-order valence-corrected chi connectivity index (χ0v) is 16.2. The molecule has 1 aliphatic heterocycles. The second-order valence-corrected chi connectivity index (χ2v) is 7.47. The molecule has 0 aromatic carbocycles. The minimum Gasteiger partial charge on any atom is -0.462 e. The van der Waals surface area contributed by atoms with Gasteiger partial charge < -0.3 is 19.7 Å². The maximum absolute atomic E-state index is 12.3.